The van der Waals surface area contributed by atoms with Crippen LogP contribution < -0.4 is 4.90 Å². The molecule has 0 saturated heterocycles. The first kappa shape index (κ1) is 22.9. The van der Waals surface area contributed by atoms with Crippen molar-refractivity contribution in [3.05, 3.63) is 48.2 Å². The summed E-state index contributed by atoms with van der Waals surface area (Å²) in [4.78, 5) is 18.1. The zero-order chi connectivity index (χ0) is 21.3. The number of aliphatic hydroxyl groups is 1. The van der Waals surface area contributed by atoms with Crippen molar-refractivity contribution in [2.75, 3.05) is 18.6 Å². The number of hydrogen-bond acceptors (Lipinski definition) is 4. The monoisotopic (exact) mass is 398 g/mol. The predicted molar refractivity (Wildman–Crippen MR) is 118 cm³/mol. The maximum absolute atomic E-state index is 12.3. The first-order valence-electron chi connectivity index (χ1n) is 10.5. The Bertz CT molecular complexity index is 766. The SMILES string of the molecule is CCCCCCCCOC(=O)N(C)c1cc(-c2ccc(C(C)(C)O)cc2)ccn1. The largest absolute Gasteiger partial charge is 0.449 e. The lowest BCUT2D eigenvalue weighted by Gasteiger charge is -2.18. The summed E-state index contributed by atoms with van der Waals surface area (Å²) in [7, 11) is 1.67. The van der Waals surface area contributed by atoms with E-state index >= 15 is 0 Å². The van der Waals surface area contributed by atoms with Gasteiger partial charge in [0.25, 0.3) is 0 Å². The standard InChI is InChI=1S/C24H34N2O3/c1-5-6-7-8-9-10-17-29-23(27)26(4)22-18-20(15-16-25-22)19-11-13-21(14-12-19)24(2,3)28/h11-16,18,28H,5-10,17H2,1-4H3. The molecule has 0 aliphatic heterocycles. The minimum Gasteiger partial charge on any atom is -0.449 e. The average Bonchev–Trinajstić information content (AvgIpc) is 2.72. The number of carbonyl (C=O) groups is 1. The summed E-state index contributed by atoms with van der Waals surface area (Å²) in [5.74, 6) is 0.544. The van der Waals surface area contributed by atoms with E-state index in [9.17, 15) is 9.90 Å². The highest BCUT2D eigenvalue weighted by atomic mass is 16.6. The summed E-state index contributed by atoms with van der Waals surface area (Å²) in [5, 5.41) is 10.1. The number of anilines is 1. The van der Waals surface area contributed by atoms with Crippen LogP contribution in [0.4, 0.5) is 10.6 Å². The van der Waals surface area contributed by atoms with Gasteiger partial charge in [0, 0.05) is 13.2 Å². The zero-order valence-electron chi connectivity index (χ0n) is 18.1. The quantitative estimate of drug-likeness (QED) is 0.505. The number of carbonyl (C=O) groups excluding carboxylic acids is 1. The number of benzene rings is 1. The summed E-state index contributed by atoms with van der Waals surface area (Å²) >= 11 is 0. The van der Waals surface area contributed by atoms with Gasteiger partial charge in [0.05, 0.1) is 12.2 Å². The van der Waals surface area contributed by atoms with Crippen LogP contribution in [0, 0.1) is 0 Å². The Morgan fingerprint density at radius 1 is 1.03 bits per heavy atom. The van der Waals surface area contributed by atoms with E-state index in [-0.39, 0.29) is 6.09 Å². The van der Waals surface area contributed by atoms with E-state index < -0.39 is 5.60 Å². The second kappa shape index (κ2) is 11.0. The van der Waals surface area contributed by atoms with E-state index in [0.717, 1.165) is 29.5 Å². The smallest absolute Gasteiger partial charge is 0.415 e. The van der Waals surface area contributed by atoms with Gasteiger partial charge >= 0.3 is 6.09 Å². The third kappa shape index (κ3) is 7.17. The average molecular weight is 399 g/mol. The molecule has 0 saturated carbocycles. The van der Waals surface area contributed by atoms with Crippen LogP contribution in [0.25, 0.3) is 11.1 Å². The normalized spacial score (nSPS) is 11.3. The zero-order valence-corrected chi connectivity index (χ0v) is 18.1. The molecule has 158 valence electrons. The number of rotatable bonds is 10. The number of ether oxygens (including phenoxy) is 1. The molecule has 0 aliphatic rings. The van der Waals surface area contributed by atoms with Gasteiger partial charge in [-0.3, -0.25) is 4.90 Å². The van der Waals surface area contributed by atoms with E-state index in [2.05, 4.69) is 11.9 Å². The highest BCUT2D eigenvalue weighted by Crippen LogP contribution is 2.26. The van der Waals surface area contributed by atoms with Crippen LogP contribution in [0.1, 0.15) is 64.9 Å². The van der Waals surface area contributed by atoms with Crippen LogP contribution in [-0.2, 0) is 10.3 Å². The molecule has 0 atom stereocenters. The van der Waals surface area contributed by atoms with Gasteiger partial charge in [-0.2, -0.15) is 0 Å². The van der Waals surface area contributed by atoms with Gasteiger partial charge in [0.15, 0.2) is 0 Å². The maximum atomic E-state index is 12.3. The Kier molecular flexibility index (Phi) is 8.65. The Morgan fingerprint density at radius 3 is 2.34 bits per heavy atom. The number of unbranched alkanes of at least 4 members (excludes halogenated alkanes) is 5. The van der Waals surface area contributed by atoms with Crippen molar-refractivity contribution in [3.63, 3.8) is 0 Å². The molecular weight excluding hydrogens is 364 g/mol. The molecule has 0 fully saturated rings. The van der Waals surface area contributed by atoms with Crippen molar-refractivity contribution >= 4 is 11.9 Å². The Labute approximate surface area is 174 Å². The fourth-order valence-electron chi connectivity index (χ4n) is 3.08. The molecule has 1 aromatic heterocycles. The summed E-state index contributed by atoms with van der Waals surface area (Å²) < 4.78 is 5.38. The molecule has 1 N–H and O–H groups in total. The number of amides is 1. The van der Waals surface area contributed by atoms with Crippen LogP contribution in [0.2, 0.25) is 0 Å². The second-order valence-corrected chi connectivity index (χ2v) is 7.98. The Morgan fingerprint density at radius 2 is 1.69 bits per heavy atom. The highest BCUT2D eigenvalue weighted by molar-refractivity contribution is 5.86. The molecule has 1 aromatic carbocycles. The lowest BCUT2D eigenvalue weighted by Crippen LogP contribution is -2.28. The lowest BCUT2D eigenvalue weighted by molar-refractivity contribution is 0.0786. The molecule has 2 rings (SSSR count). The second-order valence-electron chi connectivity index (χ2n) is 7.98. The Balaban J connectivity index is 1.93. The van der Waals surface area contributed by atoms with E-state index in [0.29, 0.717) is 12.4 Å². The van der Waals surface area contributed by atoms with E-state index in [1.807, 2.05) is 36.4 Å². The highest BCUT2D eigenvalue weighted by Gasteiger charge is 2.16. The van der Waals surface area contributed by atoms with Crippen LogP contribution in [0.3, 0.4) is 0 Å². The summed E-state index contributed by atoms with van der Waals surface area (Å²) in [6, 6.07) is 11.5. The molecule has 1 heterocycles. The van der Waals surface area contributed by atoms with Crippen molar-refractivity contribution in [1.29, 1.82) is 0 Å². The molecule has 1 amide bonds. The molecule has 5 nitrogen and oxygen atoms in total. The van der Waals surface area contributed by atoms with Gasteiger partial charge < -0.3 is 9.84 Å². The number of nitrogens with zero attached hydrogens (tertiary/aromatic N) is 2. The topological polar surface area (TPSA) is 62.7 Å². The fourth-order valence-corrected chi connectivity index (χ4v) is 3.08. The van der Waals surface area contributed by atoms with Crippen molar-refractivity contribution in [1.82, 2.24) is 4.98 Å². The summed E-state index contributed by atoms with van der Waals surface area (Å²) in [6.45, 7) is 6.16. The summed E-state index contributed by atoms with van der Waals surface area (Å²) in [6.07, 6.45) is 8.22. The van der Waals surface area contributed by atoms with Crippen LogP contribution in [-0.4, -0.2) is 29.8 Å². The molecule has 2 aromatic rings. The van der Waals surface area contributed by atoms with Crippen molar-refractivity contribution in [3.8, 4) is 11.1 Å². The molecule has 0 unspecified atom stereocenters. The molecule has 0 aliphatic carbocycles. The minimum atomic E-state index is -0.873. The van der Waals surface area contributed by atoms with Gasteiger partial charge in [-0.15, -0.1) is 0 Å². The minimum absolute atomic E-state index is 0.388. The predicted octanol–water partition coefficient (Wildman–Crippen LogP) is 5.91. The van der Waals surface area contributed by atoms with E-state index in [1.165, 1.54) is 30.6 Å². The molecular formula is C24H34N2O3. The molecule has 0 bridgehead atoms. The van der Waals surface area contributed by atoms with Crippen LogP contribution in [0.5, 0.6) is 0 Å². The van der Waals surface area contributed by atoms with Gasteiger partial charge in [-0.1, -0.05) is 63.3 Å². The van der Waals surface area contributed by atoms with E-state index in [1.54, 1.807) is 27.1 Å². The molecule has 0 spiro atoms. The van der Waals surface area contributed by atoms with E-state index in [4.69, 9.17) is 4.74 Å². The summed E-state index contributed by atoms with van der Waals surface area (Å²) in [5.41, 5.74) is 1.93. The molecule has 29 heavy (non-hydrogen) atoms. The third-order valence-corrected chi connectivity index (χ3v) is 5.01. The number of aromatic nitrogens is 1. The Hall–Kier alpha value is -2.40. The molecule has 0 radical (unpaired) electrons. The third-order valence-electron chi connectivity index (χ3n) is 5.01. The van der Waals surface area contributed by atoms with Crippen LogP contribution >= 0.6 is 0 Å². The van der Waals surface area contributed by atoms with Gasteiger partial charge in [-0.25, -0.2) is 9.78 Å². The fraction of sp³-hybridized carbons (Fsp3) is 0.500. The van der Waals surface area contributed by atoms with Gasteiger partial charge in [0.2, 0.25) is 0 Å². The molecule has 5 heteroatoms. The van der Waals surface area contributed by atoms with Gasteiger partial charge in [-0.05, 0) is 49.1 Å². The van der Waals surface area contributed by atoms with Gasteiger partial charge in [0.1, 0.15) is 5.82 Å². The van der Waals surface area contributed by atoms with Crippen molar-refractivity contribution in [2.24, 2.45) is 0 Å². The number of pyridine rings is 1. The first-order chi connectivity index (χ1) is 13.8. The van der Waals surface area contributed by atoms with Crippen molar-refractivity contribution in [2.45, 2.75) is 64.9 Å². The lowest BCUT2D eigenvalue weighted by atomic mass is 9.96. The number of hydrogen-bond donors (Lipinski definition) is 1. The van der Waals surface area contributed by atoms with Crippen LogP contribution in [0.15, 0.2) is 42.6 Å². The maximum Gasteiger partial charge on any atom is 0.415 e. The van der Waals surface area contributed by atoms with Crippen molar-refractivity contribution < 1.29 is 14.6 Å². The first-order valence-corrected chi connectivity index (χ1v) is 10.5.